The van der Waals surface area contributed by atoms with Crippen LogP contribution >= 0.6 is 0 Å². The second-order valence-corrected chi connectivity index (χ2v) is 9.55. The molecule has 0 fully saturated rings. The molecule has 0 unspecified atom stereocenters. The number of aryl methyl sites for hydroxylation is 2. The van der Waals surface area contributed by atoms with Crippen LogP contribution in [0.15, 0.2) is 29.3 Å². The maximum atomic E-state index is 12.7. The van der Waals surface area contributed by atoms with Gasteiger partial charge in [0.1, 0.15) is 0 Å². The van der Waals surface area contributed by atoms with Gasteiger partial charge in [-0.1, -0.05) is 19.9 Å². The Labute approximate surface area is 165 Å². The predicted octanol–water partition coefficient (Wildman–Crippen LogP) is 3.69. The van der Waals surface area contributed by atoms with E-state index < -0.39 is 16.1 Å². The predicted molar refractivity (Wildman–Crippen MR) is 108 cm³/mol. The van der Waals surface area contributed by atoms with Crippen molar-refractivity contribution in [1.29, 1.82) is 0 Å². The number of pyridine rings is 1. The number of aromatic nitrogens is 1. The number of rotatable bonds is 4. The van der Waals surface area contributed by atoms with Crippen molar-refractivity contribution in [2.75, 3.05) is 5.32 Å². The van der Waals surface area contributed by atoms with Crippen LogP contribution < -0.4 is 10.0 Å². The first-order valence-corrected chi connectivity index (χ1v) is 11.3. The Morgan fingerprint density at radius 3 is 2.29 bits per heavy atom. The smallest absolute Gasteiger partial charge is 0.307 e. The third kappa shape index (κ3) is 3.51. The summed E-state index contributed by atoms with van der Waals surface area (Å²) in [6.45, 7) is 3.88. The van der Waals surface area contributed by atoms with Crippen molar-refractivity contribution in [2.45, 2.75) is 63.2 Å². The molecule has 0 saturated heterocycles. The van der Waals surface area contributed by atoms with Gasteiger partial charge in [-0.15, -0.1) is 0 Å². The zero-order valence-corrected chi connectivity index (χ0v) is 17.0. The molecule has 2 aliphatic rings. The normalized spacial score (nSPS) is 15.4. The van der Waals surface area contributed by atoms with Crippen molar-refractivity contribution in [3.63, 3.8) is 0 Å². The summed E-state index contributed by atoms with van der Waals surface area (Å²) in [5, 5.41) is 2.86. The molecular weight excluding hydrogens is 374 g/mol. The van der Waals surface area contributed by atoms with Crippen LogP contribution in [-0.4, -0.2) is 19.4 Å². The van der Waals surface area contributed by atoms with E-state index in [-0.39, 0.29) is 10.8 Å². The minimum atomic E-state index is -3.97. The summed E-state index contributed by atoms with van der Waals surface area (Å²) in [7, 11) is -3.97. The molecule has 7 heteroatoms. The molecule has 28 heavy (non-hydrogen) atoms. The third-order valence-electron chi connectivity index (χ3n) is 5.59. The average Bonchev–Trinajstić information content (AvgIpc) is 3.30. The fraction of sp³-hybridized carbons (Fsp3) is 0.429. The minimum Gasteiger partial charge on any atom is -0.307 e. The average molecular weight is 400 g/mol. The molecule has 148 valence electrons. The zero-order chi connectivity index (χ0) is 19.9. The van der Waals surface area contributed by atoms with E-state index in [0.717, 1.165) is 44.2 Å². The Hall–Kier alpha value is -2.41. The van der Waals surface area contributed by atoms with E-state index in [2.05, 4.69) is 21.1 Å². The van der Waals surface area contributed by atoms with Gasteiger partial charge < -0.3 is 5.32 Å². The van der Waals surface area contributed by atoms with Crippen molar-refractivity contribution in [2.24, 2.45) is 0 Å². The summed E-state index contributed by atoms with van der Waals surface area (Å²) in [4.78, 5) is 16.8. The molecule has 1 heterocycles. The number of carbonyl (C=O) groups excluding carboxylic acids is 1. The lowest BCUT2D eigenvalue weighted by Gasteiger charge is -2.16. The number of fused-ring (bicyclic) bond motifs is 2. The maximum absolute atomic E-state index is 12.7. The van der Waals surface area contributed by atoms with Crippen molar-refractivity contribution < 1.29 is 13.2 Å². The quantitative estimate of drug-likeness (QED) is 0.821. The Kier molecular flexibility index (Phi) is 4.87. The second kappa shape index (κ2) is 7.20. The van der Waals surface area contributed by atoms with E-state index >= 15 is 0 Å². The summed E-state index contributed by atoms with van der Waals surface area (Å²) in [6, 6.07) is 4.48. The third-order valence-corrected chi connectivity index (χ3v) is 6.92. The van der Waals surface area contributed by atoms with E-state index in [4.69, 9.17) is 0 Å². The van der Waals surface area contributed by atoms with Gasteiger partial charge in [0.15, 0.2) is 0 Å². The molecule has 1 aromatic carbocycles. The van der Waals surface area contributed by atoms with Crippen LogP contribution in [0.25, 0.3) is 0 Å². The number of carbonyl (C=O) groups is 1. The van der Waals surface area contributed by atoms with E-state index in [1.807, 2.05) is 13.8 Å². The van der Waals surface area contributed by atoms with Gasteiger partial charge in [0.05, 0.1) is 4.90 Å². The van der Waals surface area contributed by atoms with Crippen LogP contribution in [0.4, 0.5) is 10.5 Å². The molecule has 0 spiro atoms. The summed E-state index contributed by atoms with van der Waals surface area (Å²) in [5.74, 6) is 0.0958. The van der Waals surface area contributed by atoms with Gasteiger partial charge in [0, 0.05) is 17.6 Å². The highest BCUT2D eigenvalue weighted by Crippen LogP contribution is 2.38. The van der Waals surface area contributed by atoms with Gasteiger partial charge in [0.2, 0.25) is 0 Å². The van der Waals surface area contributed by atoms with E-state index in [9.17, 15) is 13.2 Å². The maximum Gasteiger partial charge on any atom is 0.333 e. The fourth-order valence-corrected chi connectivity index (χ4v) is 5.13. The molecule has 0 aliphatic heterocycles. The van der Waals surface area contributed by atoms with Gasteiger partial charge in [0.25, 0.3) is 10.0 Å². The van der Waals surface area contributed by atoms with Crippen molar-refractivity contribution in [3.8, 4) is 0 Å². The molecule has 1 aromatic heterocycles. The molecule has 0 saturated carbocycles. The zero-order valence-electron chi connectivity index (χ0n) is 16.2. The van der Waals surface area contributed by atoms with E-state index in [0.29, 0.717) is 5.69 Å². The molecule has 2 amide bonds. The SMILES string of the molecule is CC(C)c1cc(S(=O)(=O)NC(=O)Nc2c3c(cc4c2CCC4)CCC3)ccn1. The highest BCUT2D eigenvalue weighted by atomic mass is 32.2. The summed E-state index contributed by atoms with van der Waals surface area (Å²) in [6.07, 6.45) is 7.49. The van der Waals surface area contributed by atoms with Crippen LogP contribution in [0, 0.1) is 0 Å². The Bertz CT molecular complexity index is 1010. The Balaban J connectivity index is 1.58. The molecule has 0 bridgehead atoms. The number of sulfonamides is 1. The van der Waals surface area contributed by atoms with Gasteiger partial charge in [-0.05, 0) is 78.8 Å². The number of nitrogens with one attached hydrogen (secondary N) is 2. The molecule has 4 rings (SSSR count). The first-order valence-electron chi connectivity index (χ1n) is 9.81. The lowest BCUT2D eigenvalue weighted by Crippen LogP contribution is -2.35. The topological polar surface area (TPSA) is 88.2 Å². The molecule has 2 N–H and O–H groups in total. The van der Waals surface area contributed by atoms with E-state index in [1.54, 1.807) is 0 Å². The largest absolute Gasteiger partial charge is 0.333 e. The molecular formula is C21H25N3O3S. The van der Waals surface area contributed by atoms with Crippen LogP contribution in [0.1, 0.15) is 60.6 Å². The number of nitrogens with zero attached hydrogens (tertiary/aromatic N) is 1. The number of hydrogen-bond donors (Lipinski definition) is 2. The summed E-state index contributed by atoms with van der Waals surface area (Å²) in [5.41, 5.74) is 6.40. The Morgan fingerprint density at radius 1 is 1.04 bits per heavy atom. The number of anilines is 1. The first-order chi connectivity index (χ1) is 13.3. The highest BCUT2D eigenvalue weighted by molar-refractivity contribution is 7.90. The number of amides is 2. The fourth-order valence-electron chi connectivity index (χ4n) is 4.20. The van der Waals surface area contributed by atoms with E-state index in [1.165, 1.54) is 40.6 Å². The second-order valence-electron chi connectivity index (χ2n) is 7.86. The van der Waals surface area contributed by atoms with Crippen LogP contribution in [0.5, 0.6) is 0 Å². The first kappa shape index (κ1) is 18.9. The van der Waals surface area contributed by atoms with Gasteiger partial charge >= 0.3 is 6.03 Å². The van der Waals surface area contributed by atoms with Gasteiger partial charge in [-0.25, -0.2) is 17.9 Å². The lowest BCUT2D eigenvalue weighted by atomic mass is 9.99. The number of hydrogen-bond acceptors (Lipinski definition) is 4. The highest BCUT2D eigenvalue weighted by Gasteiger charge is 2.26. The molecule has 6 nitrogen and oxygen atoms in total. The summed E-state index contributed by atoms with van der Waals surface area (Å²) < 4.78 is 27.5. The van der Waals surface area contributed by atoms with Crippen LogP contribution in [0.3, 0.4) is 0 Å². The van der Waals surface area contributed by atoms with Crippen molar-refractivity contribution in [1.82, 2.24) is 9.71 Å². The molecule has 2 aromatic rings. The van der Waals surface area contributed by atoms with Crippen LogP contribution in [-0.2, 0) is 35.7 Å². The lowest BCUT2D eigenvalue weighted by molar-refractivity contribution is 0.256. The standard InChI is InChI=1S/C21H25N3O3S/c1-13(2)19-12-16(9-10-22-19)28(26,27)24-21(25)23-20-17-7-3-5-14(17)11-15-6-4-8-18(15)20/h9-13H,3-8H2,1-2H3,(H2,23,24,25). The molecule has 2 aliphatic carbocycles. The Morgan fingerprint density at radius 2 is 1.68 bits per heavy atom. The summed E-state index contributed by atoms with van der Waals surface area (Å²) >= 11 is 0. The van der Waals surface area contributed by atoms with Gasteiger partial charge in [-0.3, -0.25) is 4.98 Å². The number of urea groups is 1. The minimum absolute atomic E-state index is 0.0462. The van der Waals surface area contributed by atoms with Crippen molar-refractivity contribution >= 4 is 21.7 Å². The molecule has 0 atom stereocenters. The number of benzene rings is 1. The molecule has 0 radical (unpaired) electrons. The van der Waals surface area contributed by atoms with Gasteiger partial charge in [-0.2, -0.15) is 0 Å². The monoisotopic (exact) mass is 399 g/mol. The van der Waals surface area contributed by atoms with Crippen molar-refractivity contribution in [3.05, 3.63) is 52.3 Å². The van der Waals surface area contributed by atoms with Crippen LogP contribution in [0.2, 0.25) is 0 Å².